The van der Waals surface area contributed by atoms with Gasteiger partial charge in [0.25, 0.3) is 0 Å². The number of hydrogen-bond acceptors (Lipinski definition) is 3. The van der Waals surface area contributed by atoms with Crippen LogP contribution in [0.25, 0.3) is 0 Å². The van der Waals surface area contributed by atoms with Gasteiger partial charge in [0.15, 0.2) is 5.69 Å². The van der Waals surface area contributed by atoms with E-state index in [1.807, 2.05) is 24.4 Å². The fraction of sp³-hybridized carbons (Fsp3) is 0.316. The summed E-state index contributed by atoms with van der Waals surface area (Å²) < 4.78 is 41.8. The minimum absolute atomic E-state index is 0.0498. The molecule has 3 aromatic rings. The Morgan fingerprint density at radius 2 is 2.04 bits per heavy atom. The lowest BCUT2D eigenvalue weighted by Gasteiger charge is -2.10. The Morgan fingerprint density at radius 1 is 1.21 bits per heavy atom. The average Bonchev–Trinajstić information content (AvgIpc) is 3.16. The van der Waals surface area contributed by atoms with E-state index in [2.05, 4.69) is 15.5 Å². The minimum atomic E-state index is -4.52. The second-order valence-corrected chi connectivity index (χ2v) is 6.84. The molecule has 1 aliphatic rings. The summed E-state index contributed by atoms with van der Waals surface area (Å²) in [5.41, 5.74) is 1.03. The van der Waals surface area contributed by atoms with E-state index in [0.717, 1.165) is 24.5 Å². The molecule has 0 atom stereocenters. The van der Waals surface area contributed by atoms with E-state index in [9.17, 15) is 18.0 Å². The van der Waals surface area contributed by atoms with Crippen molar-refractivity contribution >= 4 is 11.6 Å². The van der Waals surface area contributed by atoms with Gasteiger partial charge in [-0.1, -0.05) is 12.1 Å². The standard InChI is InChI=1S/C19H18F3N5O/c20-19(21,22)17-10-16(14-5-6-14)27(25-17)12-18(28)24-15-4-1-3-13(9-15)11-26-8-2-7-23-26/h1-4,7-10,14H,5-6,11-12H2,(H,24,28). The molecule has 28 heavy (non-hydrogen) atoms. The molecular formula is C19H18F3N5O. The molecule has 1 aliphatic carbocycles. The molecule has 1 fully saturated rings. The summed E-state index contributed by atoms with van der Waals surface area (Å²) >= 11 is 0. The average molecular weight is 389 g/mol. The van der Waals surface area contributed by atoms with Gasteiger partial charge in [0.1, 0.15) is 6.54 Å². The molecule has 1 saturated carbocycles. The van der Waals surface area contributed by atoms with Crippen LogP contribution in [-0.4, -0.2) is 25.5 Å². The quantitative estimate of drug-likeness (QED) is 0.700. The highest BCUT2D eigenvalue weighted by molar-refractivity contribution is 5.90. The highest BCUT2D eigenvalue weighted by Crippen LogP contribution is 2.42. The molecule has 0 spiro atoms. The van der Waals surface area contributed by atoms with E-state index in [-0.39, 0.29) is 12.5 Å². The van der Waals surface area contributed by atoms with Crippen molar-refractivity contribution in [3.8, 4) is 0 Å². The van der Waals surface area contributed by atoms with Gasteiger partial charge in [-0.3, -0.25) is 14.2 Å². The normalized spacial score (nSPS) is 14.2. The number of carbonyl (C=O) groups excluding carboxylic acids is 1. The highest BCUT2D eigenvalue weighted by Gasteiger charge is 2.38. The molecule has 0 bridgehead atoms. The van der Waals surface area contributed by atoms with Crippen molar-refractivity contribution in [3.05, 3.63) is 65.7 Å². The third-order valence-corrected chi connectivity index (χ3v) is 4.51. The Balaban J connectivity index is 1.45. The number of benzene rings is 1. The van der Waals surface area contributed by atoms with Crippen LogP contribution in [-0.2, 0) is 24.1 Å². The number of alkyl halides is 3. The predicted molar refractivity (Wildman–Crippen MR) is 95.6 cm³/mol. The van der Waals surface area contributed by atoms with Crippen LogP contribution < -0.4 is 5.32 Å². The van der Waals surface area contributed by atoms with Crippen LogP contribution in [0.5, 0.6) is 0 Å². The van der Waals surface area contributed by atoms with E-state index in [0.29, 0.717) is 17.9 Å². The number of nitrogens with one attached hydrogen (secondary N) is 1. The minimum Gasteiger partial charge on any atom is -0.324 e. The summed E-state index contributed by atoms with van der Waals surface area (Å²) in [6.45, 7) is 0.294. The molecule has 2 heterocycles. The number of carbonyl (C=O) groups is 1. The van der Waals surface area contributed by atoms with Crippen LogP contribution in [0.3, 0.4) is 0 Å². The van der Waals surface area contributed by atoms with E-state index in [4.69, 9.17) is 0 Å². The molecule has 146 valence electrons. The van der Waals surface area contributed by atoms with Gasteiger partial charge in [-0.05, 0) is 42.7 Å². The second kappa shape index (κ2) is 7.14. The first kappa shape index (κ1) is 18.3. The van der Waals surface area contributed by atoms with Crippen LogP contribution >= 0.6 is 0 Å². The molecule has 9 heteroatoms. The monoisotopic (exact) mass is 389 g/mol. The molecule has 0 radical (unpaired) electrons. The number of rotatable bonds is 6. The third kappa shape index (κ3) is 4.24. The van der Waals surface area contributed by atoms with Gasteiger partial charge >= 0.3 is 6.18 Å². The summed E-state index contributed by atoms with van der Waals surface area (Å²) in [6, 6.07) is 10.1. The van der Waals surface area contributed by atoms with Gasteiger partial charge in [-0.2, -0.15) is 23.4 Å². The first-order valence-electron chi connectivity index (χ1n) is 8.89. The van der Waals surface area contributed by atoms with Gasteiger partial charge in [0.2, 0.25) is 5.91 Å². The van der Waals surface area contributed by atoms with Crippen molar-refractivity contribution < 1.29 is 18.0 Å². The fourth-order valence-corrected chi connectivity index (χ4v) is 3.07. The van der Waals surface area contributed by atoms with Crippen molar-refractivity contribution in [1.29, 1.82) is 0 Å². The zero-order valence-electron chi connectivity index (χ0n) is 14.9. The maximum atomic E-state index is 13.0. The van der Waals surface area contributed by atoms with E-state index in [1.165, 1.54) is 4.68 Å². The Labute approximate surface area is 159 Å². The molecule has 0 saturated heterocycles. The van der Waals surface area contributed by atoms with E-state index < -0.39 is 17.8 Å². The zero-order chi connectivity index (χ0) is 19.7. The lowest BCUT2D eigenvalue weighted by atomic mass is 10.2. The second-order valence-electron chi connectivity index (χ2n) is 6.84. The number of amides is 1. The Bertz CT molecular complexity index is 974. The first-order chi connectivity index (χ1) is 13.4. The topological polar surface area (TPSA) is 64.7 Å². The van der Waals surface area contributed by atoms with Crippen molar-refractivity contribution in [1.82, 2.24) is 19.6 Å². The summed E-state index contributed by atoms with van der Waals surface area (Å²) in [7, 11) is 0. The predicted octanol–water partition coefficient (Wildman–Crippen LogP) is 3.66. The van der Waals surface area contributed by atoms with Crippen LogP contribution in [0.15, 0.2) is 48.8 Å². The molecule has 1 amide bonds. The van der Waals surface area contributed by atoms with Gasteiger partial charge in [-0.15, -0.1) is 0 Å². The summed E-state index contributed by atoms with van der Waals surface area (Å²) in [6.07, 6.45) is 0.634. The Morgan fingerprint density at radius 3 is 2.71 bits per heavy atom. The maximum Gasteiger partial charge on any atom is 0.435 e. The van der Waals surface area contributed by atoms with Gasteiger partial charge in [0, 0.05) is 29.7 Å². The van der Waals surface area contributed by atoms with Crippen LogP contribution in [0.4, 0.5) is 18.9 Å². The van der Waals surface area contributed by atoms with Gasteiger partial charge in [-0.25, -0.2) is 0 Å². The number of hydrogen-bond donors (Lipinski definition) is 1. The molecule has 0 aliphatic heterocycles. The molecule has 4 rings (SSSR count). The lowest BCUT2D eigenvalue weighted by Crippen LogP contribution is -2.21. The van der Waals surface area contributed by atoms with Gasteiger partial charge in [0.05, 0.1) is 6.54 Å². The largest absolute Gasteiger partial charge is 0.435 e. The van der Waals surface area contributed by atoms with Crippen molar-refractivity contribution in [2.45, 2.75) is 38.0 Å². The van der Waals surface area contributed by atoms with E-state index >= 15 is 0 Å². The molecule has 6 nitrogen and oxygen atoms in total. The zero-order valence-corrected chi connectivity index (χ0v) is 14.9. The molecule has 0 unspecified atom stereocenters. The summed E-state index contributed by atoms with van der Waals surface area (Å²) in [5.74, 6) is -0.372. The van der Waals surface area contributed by atoms with Crippen LogP contribution in [0.2, 0.25) is 0 Å². The first-order valence-corrected chi connectivity index (χ1v) is 8.89. The SMILES string of the molecule is O=C(Cn1nc(C(F)(F)F)cc1C1CC1)Nc1cccc(Cn2cccn2)c1. The lowest BCUT2D eigenvalue weighted by molar-refractivity contribution is -0.141. The third-order valence-electron chi connectivity index (χ3n) is 4.51. The number of halogens is 3. The van der Waals surface area contributed by atoms with Crippen LogP contribution in [0, 0.1) is 0 Å². The summed E-state index contributed by atoms with van der Waals surface area (Å²) in [5, 5.41) is 10.5. The number of nitrogens with zero attached hydrogens (tertiary/aromatic N) is 4. The molecule has 2 aromatic heterocycles. The smallest absolute Gasteiger partial charge is 0.324 e. The van der Waals surface area contributed by atoms with E-state index in [1.54, 1.807) is 23.0 Å². The Kier molecular flexibility index (Phi) is 4.66. The number of anilines is 1. The maximum absolute atomic E-state index is 13.0. The summed E-state index contributed by atoms with van der Waals surface area (Å²) in [4.78, 5) is 12.4. The van der Waals surface area contributed by atoms with Crippen molar-refractivity contribution in [2.75, 3.05) is 5.32 Å². The molecular weight excluding hydrogens is 371 g/mol. The number of aromatic nitrogens is 4. The molecule has 1 aromatic carbocycles. The van der Waals surface area contributed by atoms with Crippen molar-refractivity contribution in [2.24, 2.45) is 0 Å². The highest BCUT2D eigenvalue weighted by atomic mass is 19.4. The van der Waals surface area contributed by atoms with Crippen LogP contribution in [0.1, 0.15) is 35.7 Å². The fourth-order valence-electron chi connectivity index (χ4n) is 3.07. The van der Waals surface area contributed by atoms with Crippen molar-refractivity contribution in [3.63, 3.8) is 0 Å². The molecule has 1 N–H and O–H groups in total. The Hall–Kier alpha value is -3.10. The van der Waals surface area contributed by atoms with Gasteiger partial charge < -0.3 is 5.32 Å².